The van der Waals surface area contributed by atoms with Crippen molar-refractivity contribution in [1.29, 1.82) is 0 Å². The molecular formula is C16H16Cl2N2O2. The highest BCUT2D eigenvalue weighted by molar-refractivity contribution is 6.42. The monoisotopic (exact) mass is 338 g/mol. The summed E-state index contributed by atoms with van der Waals surface area (Å²) >= 11 is 11.7. The molecule has 116 valence electrons. The first-order chi connectivity index (χ1) is 10.6. The third-order valence-corrected chi connectivity index (χ3v) is 3.80. The summed E-state index contributed by atoms with van der Waals surface area (Å²) in [7, 11) is 0. The lowest BCUT2D eigenvalue weighted by Gasteiger charge is -2.12. The highest BCUT2D eigenvalue weighted by Gasteiger charge is 2.08. The molecule has 2 aromatic carbocycles. The Balaban J connectivity index is 1.77. The average Bonchev–Trinajstić information content (AvgIpc) is 2.51. The number of hydrogen-bond donors (Lipinski definition) is 3. The first-order valence-electron chi connectivity index (χ1n) is 6.79. The molecule has 0 aliphatic heterocycles. The molecule has 2 rings (SSSR count). The van der Waals surface area contributed by atoms with E-state index >= 15 is 0 Å². The molecule has 2 aromatic rings. The molecule has 1 atom stereocenters. The summed E-state index contributed by atoms with van der Waals surface area (Å²) in [6.07, 6.45) is -0.176. The summed E-state index contributed by atoms with van der Waals surface area (Å²) in [5.41, 5.74) is 1.38. The van der Waals surface area contributed by atoms with Crippen molar-refractivity contribution in [2.45, 2.75) is 12.5 Å². The summed E-state index contributed by atoms with van der Waals surface area (Å²) < 4.78 is 0. The number of hydrogen-bond acceptors (Lipinski definition) is 2. The zero-order valence-corrected chi connectivity index (χ0v) is 13.2. The Hall–Kier alpha value is -1.75. The second-order valence-corrected chi connectivity index (χ2v) is 5.54. The summed E-state index contributed by atoms with van der Waals surface area (Å²) in [6.45, 7) is 0.350. The SMILES string of the molecule is O=C(NCCC(O)c1ccccc1)Nc1ccc(Cl)c(Cl)c1. The zero-order valence-electron chi connectivity index (χ0n) is 11.7. The van der Waals surface area contributed by atoms with Crippen molar-refractivity contribution < 1.29 is 9.90 Å². The van der Waals surface area contributed by atoms with E-state index in [9.17, 15) is 9.90 Å². The number of rotatable bonds is 5. The second-order valence-electron chi connectivity index (χ2n) is 4.72. The largest absolute Gasteiger partial charge is 0.388 e. The number of nitrogens with one attached hydrogen (secondary N) is 2. The number of benzene rings is 2. The van der Waals surface area contributed by atoms with E-state index in [4.69, 9.17) is 23.2 Å². The quantitative estimate of drug-likeness (QED) is 0.763. The number of aliphatic hydroxyl groups excluding tert-OH is 1. The van der Waals surface area contributed by atoms with Crippen molar-refractivity contribution in [1.82, 2.24) is 5.32 Å². The lowest BCUT2D eigenvalue weighted by molar-refractivity contribution is 0.167. The van der Waals surface area contributed by atoms with Crippen molar-refractivity contribution in [3.05, 3.63) is 64.1 Å². The molecule has 0 spiro atoms. The van der Waals surface area contributed by atoms with Crippen LogP contribution >= 0.6 is 23.2 Å². The Morgan fingerprint density at radius 3 is 2.50 bits per heavy atom. The molecule has 4 nitrogen and oxygen atoms in total. The van der Waals surface area contributed by atoms with Crippen LogP contribution in [0.5, 0.6) is 0 Å². The van der Waals surface area contributed by atoms with E-state index in [1.165, 1.54) is 0 Å². The second kappa shape index (κ2) is 8.03. The van der Waals surface area contributed by atoms with Gasteiger partial charge in [-0.05, 0) is 30.2 Å². The lowest BCUT2D eigenvalue weighted by Crippen LogP contribution is -2.30. The molecular weight excluding hydrogens is 323 g/mol. The number of aliphatic hydroxyl groups is 1. The topological polar surface area (TPSA) is 61.4 Å². The Morgan fingerprint density at radius 2 is 1.82 bits per heavy atom. The smallest absolute Gasteiger partial charge is 0.319 e. The van der Waals surface area contributed by atoms with E-state index in [0.717, 1.165) is 5.56 Å². The summed E-state index contributed by atoms with van der Waals surface area (Å²) in [4.78, 5) is 11.7. The van der Waals surface area contributed by atoms with Crippen LogP contribution in [0.15, 0.2) is 48.5 Å². The van der Waals surface area contributed by atoms with Gasteiger partial charge in [0.05, 0.1) is 16.1 Å². The maximum Gasteiger partial charge on any atom is 0.319 e. The van der Waals surface area contributed by atoms with E-state index in [0.29, 0.717) is 28.7 Å². The summed E-state index contributed by atoms with van der Waals surface area (Å²) in [5.74, 6) is 0. The minimum atomic E-state index is -0.605. The number of carbonyl (C=O) groups excluding carboxylic acids is 1. The van der Waals surface area contributed by atoms with Gasteiger partial charge in [-0.3, -0.25) is 0 Å². The minimum absolute atomic E-state index is 0.350. The maximum absolute atomic E-state index is 11.7. The van der Waals surface area contributed by atoms with Crippen molar-refractivity contribution in [3.8, 4) is 0 Å². The molecule has 6 heteroatoms. The van der Waals surface area contributed by atoms with Crippen LogP contribution in [0.4, 0.5) is 10.5 Å². The van der Waals surface area contributed by atoms with E-state index in [1.807, 2.05) is 30.3 Å². The van der Waals surface area contributed by atoms with E-state index in [-0.39, 0.29) is 6.03 Å². The van der Waals surface area contributed by atoms with E-state index < -0.39 is 6.10 Å². The molecule has 0 radical (unpaired) electrons. The van der Waals surface area contributed by atoms with E-state index in [1.54, 1.807) is 18.2 Å². The Labute approximate surface area is 139 Å². The molecule has 0 saturated carbocycles. The Kier molecular flexibility index (Phi) is 6.07. The third kappa shape index (κ3) is 4.91. The standard InChI is InChI=1S/C16H16Cl2N2O2/c17-13-7-6-12(10-14(13)18)20-16(22)19-9-8-15(21)11-4-2-1-3-5-11/h1-7,10,15,21H,8-9H2,(H2,19,20,22). The predicted molar refractivity (Wildman–Crippen MR) is 89.5 cm³/mol. The highest BCUT2D eigenvalue weighted by atomic mass is 35.5. The number of urea groups is 1. The molecule has 0 fully saturated rings. The molecule has 3 N–H and O–H groups in total. The number of anilines is 1. The third-order valence-electron chi connectivity index (χ3n) is 3.07. The van der Waals surface area contributed by atoms with Crippen LogP contribution in [0.3, 0.4) is 0 Å². The van der Waals surface area contributed by atoms with Crippen LogP contribution in [0, 0.1) is 0 Å². The molecule has 0 saturated heterocycles. The van der Waals surface area contributed by atoms with Gasteiger partial charge in [-0.15, -0.1) is 0 Å². The van der Waals surface area contributed by atoms with Crippen LogP contribution in [-0.2, 0) is 0 Å². The summed E-state index contributed by atoms with van der Waals surface area (Å²) in [5, 5.41) is 16.1. The number of carbonyl (C=O) groups is 1. The molecule has 0 aliphatic carbocycles. The average molecular weight is 339 g/mol. The van der Waals surface area contributed by atoms with Gasteiger partial charge in [0.2, 0.25) is 0 Å². The van der Waals surface area contributed by atoms with Gasteiger partial charge in [0.15, 0.2) is 0 Å². The molecule has 0 aromatic heterocycles. The molecule has 22 heavy (non-hydrogen) atoms. The predicted octanol–water partition coefficient (Wildman–Crippen LogP) is 4.24. The van der Waals surface area contributed by atoms with Gasteiger partial charge in [0.1, 0.15) is 0 Å². The Morgan fingerprint density at radius 1 is 1.09 bits per heavy atom. The Bertz CT molecular complexity index is 635. The maximum atomic E-state index is 11.7. The number of halogens is 2. The van der Waals surface area contributed by atoms with Crippen molar-refractivity contribution in [3.63, 3.8) is 0 Å². The fraction of sp³-hybridized carbons (Fsp3) is 0.188. The number of amides is 2. The van der Waals surface area contributed by atoms with Gasteiger partial charge in [-0.2, -0.15) is 0 Å². The normalized spacial score (nSPS) is 11.8. The fourth-order valence-corrected chi connectivity index (χ4v) is 2.21. The van der Waals surface area contributed by atoms with Crippen LogP contribution < -0.4 is 10.6 Å². The molecule has 1 unspecified atom stereocenters. The molecule has 0 heterocycles. The van der Waals surface area contributed by atoms with Crippen molar-refractivity contribution in [2.24, 2.45) is 0 Å². The minimum Gasteiger partial charge on any atom is -0.388 e. The van der Waals surface area contributed by atoms with Crippen molar-refractivity contribution in [2.75, 3.05) is 11.9 Å². The highest BCUT2D eigenvalue weighted by Crippen LogP contribution is 2.24. The zero-order chi connectivity index (χ0) is 15.9. The molecule has 2 amide bonds. The van der Waals surface area contributed by atoms with Crippen LogP contribution in [0.2, 0.25) is 10.0 Å². The lowest BCUT2D eigenvalue weighted by atomic mass is 10.1. The van der Waals surface area contributed by atoms with Gasteiger partial charge in [0, 0.05) is 12.2 Å². The molecule has 0 bridgehead atoms. The molecule has 0 aliphatic rings. The van der Waals surface area contributed by atoms with Gasteiger partial charge in [0.25, 0.3) is 0 Å². The van der Waals surface area contributed by atoms with E-state index in [2.05, 4.69) is 10.6 Å². The first kappa shape index (κ1) is 16.6. The van der Waals surface area contributed by atoms with Gasteiger partial charge >= 0.3 is 6.03 Å². The first-order valence-corrected chi connectivity index (χ1v) is 7.55. The van der Waals surface area contributed by atoms with Gasteiger partial charge in [-0.25, -0.2) is 4.79 Å². The van der Waals surface area contributed by atoms with Crippen LogP contribution in [0.1, 0.15) is 18.1 Å². The summed E-state index contributed by atoms with van der Waals surface area (Å²) in [6, 6.07) is 13.8. The van der Waals surface area contributed by atoms with Crippen LogP contribution in [-0.4, -0.2) is 17.7 Å². The van der Waals surface area contributed by atoms with Gasteiger partial charge < -0.3 is 15.7 Å². The van der Waals surface area contributed by atoms with Crippen molar-refractivity contribution >= 4 is 34.9 Å². The van der Waals surface area contributed by atoms with Crippen LogP contribution in [0.25, 0.3) is 0 Å². The van der Waals surface area contributed by atoms with Gasteiger partial charge in [-0.1, -0.05) is 53.5 Å². The fourth-order valence-electron chi connectivity index (χ4n) is 1.91.